The maximum Gasteiger partial charge on any atom is 0.205 e. The minimum absolute atomic E-state index is 0.367. The zero-order chi connectivity index (χ0) is 23.8. The Bertz CT molecular complexity index is 833. The molecule has 0 bridgehead atoms. The summed E-state index contributed by atoms with van der Waals surface area (Å²) in [5.74, 6) is -1.40. The van der Waals surface area contributed by atoms with Gasteiger partial charge in [0.1, 0.15) is 0 Å². The summed E-state index contributed by atoms with van der Waals surface area (Å²) < 4.78 is 14.6. The Morgan fingerprint density at radius 3 is 1.13 bits per heavy atom. The van der Waals surface area contributed by atoms with E-state index in [0.717, 1.165) is 29.0 Å². The molecule has 2 N–H and O–H groups in total. The van der Waals surface area contributed by atoms with Crippen LogP contribution in [0.3, 0.4) is 0 Å². The first-order chi connectivity index (χ1) is 14.1. The van der Waals surface area contributed by atoms with Crippen LogP contribution in [0.25, 0.3) is 0 Å². The van der Waals surface area contributed by atoms with E-state index in [4.69, 9.17) is 9.47 Å². The van der Waals surface area contributed by atoms with E-state index in [9.17, 15) is 10.2 Å². The van der Waals surface area contributed by atoms with E-state index in [2.05, 4.69) is 77.6 Å². The zero-order valence-electron chi connectivity index (χ0n) is 18.4. The van der Waals surface area contributed by atoms with Gasteiger partial charge in [-0.25, -0.2) is 0 Å². The molecule has 31 heavy (non-hydrogen) atoms. The third-order valence-corrected chi connectivity index (χ3v) is 7.75. The van der Waals surface area contributed by atoms with Crippen molar-refractivity contribution >= 4 is 63.7 Å². The average molecular weight is 688 g/mol. The first kappa shape index (κ1) is 27.1. The van der Waals surface area contributed by atoms with Crippen molar-refractivity contribution in [3.63, 3.8) is 0 Å². The lowest BCUT2D eigenvalue weighted by Crippen LogP contribution is -2.31. The Labute approximate surface area is 218 Å². The topological polar surface area (TPSA) is 58.9 Å². The van der Waals surface area contributed by atoms with Crippen molar-refractivity contribution < 1.29 is 19.7 Å². The highest BCUT2D eigenvalue weighted by molar-refractivity contribution is 9.11. The standard InChI is InChI=1S/C23H28Br4O4/c1-7-22(5,28)30-19-15(24)9-13(10-16(19)25)21(3,4)14-11-17(26)20(18(27)12-14)31-23(6,29)8-2/h9-12,28-29H,7-8H2,1-6H3. The van der Waals surface area contributed by atoms with Crippen molar-refractivity contribution in [2.24, 2.45) is 0 Å². The molecule has 0 radical (unpaired) electrons. The molecule has 0 aromatic heterocycles. The number of halogens is 4. The van der Waals surface area contributed by atoms with Gasteiger partial charge < -0.3 is 19.7 Å². The molecule has 2 aromatic carbocycles. The van der Waals surface area contributed by atoms with E-state index in [0.29, 0.717) is 24.3 Å². The smallest absolute Gasteiger partial charge is 0.205 e. The van der Waals surface area contributed by atoms with Crippen LogP contribution in [-0.2, 0) is 5.41 Å². The van der Waals surface area contributed by atoms with Crippen LogP contribution in [0.1, 0.15) is 65.5 Å². The number of aliphatic hydroxyl groups is 2. The second-order valence-electron chi connectivity index (χ2n) is 8.42. The number of hydrogen-bond donors (Lipinski definition) is 2. The maximum atomic E-state index is 10.3. The molecule has 172 valence electrons. The fourth-order valence-corrected chi connectivity index (χ4v) is 5.48. The van der Waals surface area contributed by atoms with E-state index in [1.807, 2.05) is 38.1 Å². The predicted octanol–water partition coefficient (Wildman–Crippen LogP) is 8.06. The fraction of sp³-hybridized carbons (Fsp3) is 0.478. The predicted molar refractivity (Wildman–Crippen MR) is 139 cm³/mol. The minimum atomic E-state index is -1.26. The normalized spacial score (nSPS) is 15.9. The molecule has 2 atom stereocenters. The molecule has 0 amide bonds. The van der Waals surface area contributed by atoms with Crippen LogP contribution in [0.2, 0.25) is 0 Å². The summed E-state index contributed by atoms with van der Waals surface area (Å²) in [5.41, 5.74) is 1.72. The summed E-state index contributed by atoms with van der Waals surface area (Å²) in [4.78, 5) is 0. The highest BCUT2D eigenvalue weighted by Crippen LogP contribution is 2.45. The molecule has 8 heteroatoms. The number of rotatable bonds is 8. The molecule has 0 saturated heterocycles. The highest BCUT2D eigenvalue weighted by Gasteiger charge is 2.30. The van der Waals surface area contributed by atoms with E-state index in [1.54, 1.807) is 13.8 Å². The lowest BCUT2D eigenvalue weighted by molar-refractivity contribution is -0.124. The molecule has 2 unspecified atom stereocenters. The summed E-state index contributed by atoms with van der Waals surface area (Å²) in [6.45, 7) is 11.3. The van der Waals surface area contributed by atoms with Crippen molar-refractivity contribution in [1.82, 2.24) is 0 Å². The summed E-state index contributed by atoms with van der Waals surface area (Å²) in [5, 5.41) is 20.6. The molecule has 0 spiro atoms. The van der Waals surface area contributed by atoms with Gasteiger partial charge in [-0.15, -0.1) is 0 Å². The van der Waals surface area contributed by atoms with Gasteiger partial charge in [0, 0.05) is 32.1 Å². The van der Waals surface area contributed by atoms with Gasteiger partial charge in [-0.2, -0.15) is 0 Å². The van der Waals surface area contributed by atoms with Gasteiger partial charge in [0.15, 0.2) is 11.5 Å². The molecule has 2 aromatic rings. The third-order valence-electron chi connectivity index (χ3n) is 5.40. The molecular weight excluding hydrogens is 660 g/mol. The van der Waals surface area contributed by atoms with Crippen molar-refractivity contribution in [3.05, 3.63) is 53.3 Å². The molecule has 0 heterocycles. The van der Waals surface area contributed by atoms with E-state index in [-0.39, 0.29) is 5.41 Å². The second-order valence-corrected chi connectivity index (χ2v) is 11.8. The summed E-state index contributed by atoms with van der Waals surface area (Å²) in [7, 11) is 0. The summed E-state index contributed by atoms with van der Waals surface area (Å²) >= 11 is 14.4. The van der Waals surface area contributed by atoms with Crippen molar-refractivity contribution in [2.45, 2.75) is 71.4 Å². The first-order valence-electron chi connectivity index (χ1n) is 9.95. The third kappa shape index (κ3) is 6.48. The van der Waals surface area contributed by atoms with Gasteiger partial charge in [0.05, 0.1) is 17.9 Å². The minimum Gasteiger partial charge on any atom is -0.461 e. The van der Waals surface area contributed by atoms with Crippen LogP contribution in [0.15, 0.2) is 42.2 Å². The molecule has 0 fully saturated rings. The van der Waals surface area contributed by atoms with Crippen LogP contribution in [0.4, 0.5) is 0 Å². The van der Waals surface area contributed by atoms with Crippen LogP contribution in [0.5, 0.6) is 11.5 Å². The second kappa shape index (κ2) is 10.0. The van der Waals surface area contributed by atoms with Crippen molar-refractivity contribution in [1.29, 1.82) is 0 Å². The highest BCUT2D eigenvalue weighted by atomic mass is 79.9. The maximum absolute atomic E-state index is 10.3. The Kier molecular flexibility index (Phi) is 8.77. The van der Waals surface area contributed by atoms with Gasteiger partial charge in [0.25, 0.3) is 0 Å². The Morgan fingerprint density at radius 1 is 0.645 bits per heavy atom. The van der Waals surface area contributed by atoms with Crippen LogP contribution in [0, 0.1) is 0 Å². The number of ether oxygens (including phenoxy) is 2. The molecule has 0 aliphatic rings. The van der Waals surface area contributed by atoms with E-state index in [1.165, 1.54) is 0 Å². The average Bonchev–Trinajstić information content (AvgIpc) is 2.67. The Hall–Kier alpha value is -0.120. The molecule has 0 saturated carbocycles. The lowest BCUT2D eigenvalue weighted by Gasteiger charge is -2.30. The Morgan fingerprint density at radius 2 is 0.903 bits per heavy atom. The van der Waals surface area contributed by atoms with Gasteiger partial charge in [-0.1, -0.05) is 27.7 Å². The summed E-state index contributed by atoms with van der Waals surface area (Å²) in [6, 6.07) is 8.00. The van der Waals surface area contributed by atoms with Gasteiger partial charge >= 0.3 is 0 Å². The van der Waals surface area contributed by atoms with Crippen molar-refractivity contribution in [2.75, 3.05) is 0 Å². The van der Waals surface area contributed by atoms with Crippen molar-refractivity contribution in [3.8, 4) is 11.5 Å². The first-order valence-corrected chi connectivity index (χ1v) is 13.1. The number of hydrogen-bond acceptors (Lipinski definition) is 4. The lowest BCUT2D eigenvalue weighted by atomic mass is 9.78. The van der Waals surface area contributed by atoms with Crippen LogP contribution >= 0.6 is 63.7 Å². The molecule has 4 nitrogen and oxygen atoms in total. The molecule has 2 rings (SSSR count). The summed E-state index contributed by atoms with van der Waals surface area (Å²) in [6.07, 6.45) is 0.918. The molecule has 0 aliphatic carbocycles. The SMILES string of the molecule is CCC(C)(O)Oc1c(Br)cc(C(C)(C)c2cc(Br)c(OC(C)(O)CC)c(Br)c2)cc1Br. The largest absolute Gasteiger partial charge is 0.461 e. The zero-order valence-corrected chi connectivity index (χ0v) is 24.8. The monoisotopic (exact) mass is 684 g/mol. The van der Waals surface area contributed by atoms with E-state index >= 15 is 0 Å². The number of benzene rings is 2. The fourth-order valence-electron chi connectivity index (χ4n) is 2.79. The van der Waals surface area contributed by atoms with Crippen LogP contribution < -0.4 is 9.47 Å². The van der Waals surface area contributed by atoms with Gasteiger partial charge in [-0.05, 0) is 99.1 Å². The van der Waals surface area contributed by atoms with E-state index < -0.39 is 11.6 Å². The van der Waals surface area contributed by atoms with Crippen LogP contribution in [-0.4, -0.2) is 21.8 Å². The van der Waals surface area contributed by atoms with Gasteiger partial charge in [0.2, 0.25) is 11.6 Å². The van der Waals surface area contributed by atoms with Gasteiger partial charge in [-0.3, -0.25) is 0 Å². The molecule has 0 aliphatic heterocycles. The Balaban J connectivity index is 2.48. The quantitative estimate of drug-likeness (QED) is 0.276. The molecular formula is C23H28Br4O4.